The van der Waals surface area contributed by atoms with Crippen molar-refractivity contribution in [3.63, 3.8) is 0 Å². The lowest BCUT2D eigenvalue weighted by Crippen LogP contribution is -2.41. The van der Waals surface area contributed by atoms with Crippen molar-refractivity contribution < 1.29 is 24.2 Å². The number of carboxylic acid groups (broad SMARTS) is 1. The minimum atomic E-state index is -1.00. The van der Waals surface area contributed by atoms with E-state index >= 15 is 0 Å². The number of hydrogen-bond donors (Lipinski definition) is 1. The molecule has 2 fully saturated rings. The standard InChI is InChI=1S/C15H21N3O5/c1-17-13(14(19)20)7-12(16-17)10-3-2-5-18(8-10)15(21)23-11-4-6-22-9-11/h7,10-11H,2-6,8-9H2,1H3,(H,19,20). The Balaban J connectivity index is 1.64. The van der Waals surface area contributed by atoms with Gasteiger partial charge in [0, 0.05) is 32.5 Å². The number of aryl methyl sites for hydroxylation is 1. The van der Waals surface area contributed by atoms with Gasteiger partial charge in [0.1, 0.15) is 11.8 Å². The SMILES string of the molecule is Cn1nc(C2CCCN(C(=O)OC3CCOC3)C2)cc1C(=O)O. The molecule has 2 unspecified atom stereocenters. The molecule has 1 amide bonds. The van der Waals surface area contributed by atoms with E-state index in [1.807, 2.05) is 0 Å². The Kier molecular flexibility index (Phi) is 4.51. The predicted octanol–water partition coefficient (Wildman–Crippen LogP) is 1.22. The van der Waals surface area contributed by atoms with Crippen molar-refractivity contribution >= 4 is 12.1 Å². The fourth-order valence-electron chi connectivity index (χ4n) is 3.10. The molecule has 3 rings (SSSR count). The first-order chi connectivity index (χ1) is 11.0. The van der Waals surface area contributed by atoms with E-state index in [1.54, 1.807) is 18.0 Å². The number of aromatic carboxylic acids is 1. The Morgan fingerprint density at radius 2 is 2.26 bits per heavy atom. The predicted molar refractivity (Wildman–Crippen MR) is 79.4 cm³/mol. The smallest absolute Gasteiger partial charge is 0.410 e. The van der Waals surface area contributed by atoms with Gasteiger partial charge >= 0.3 is 12.1 Å². The molecule has 126 valence electrons. The zero-order valence-electron chi connectivity index (χ0n) is 13.1. The molecule has 8 heteroatoms. The van der Waals surface area contributed by atoms with Crippen LogP contribution < -0.4 is 0 Å². The highest BCUT2D eigenvalue weighted by Crippen LogP contribution is 2.27. The Hall–Kier alpha value is -2.09. The summed E-state index contributed by atoms with van der Waals surface area (Å²) >= 11 is 0. The molecule has 2 saturated heterocycles. The third-order valence-electron chi connectivity index (χ3n) is 4.37. The van der Waals surface area contributed by atoms with Crippen LogP contribution in [-0.4, -0.2) is 64.3 Å². The van der Waals surface area contributed by atoms with Crippen LogP contribution in [0.25, 0.3) is 0 Å². The molecule has 1 aromatic rings. The molecule has 0 aromatic carbocycles. The molecule has 0 bridgehead atoms. The zero-order chi connectivity index (χ0) is 16.4. The van der Waals surface area contributed by atoms with E-state index in [0.717, 1.165) is 19.3 Å². The number of ether oxygens (including phenoxy) is 2. The molecule has 2 aliphatic heterocycles. The Bertz CT molecular complexity index is 594. The number of piperidine rings is 1. The maximum absolute atomic E-state index is 12.2. The summed E-state index contributed by atoms with van der Waals surface area (Å²) in [6.07, 6.45) is 1.99. The number of hydrogen-bond acceptors (Lipinski definition) is 5. The van der Waals surface area contributed by atoms with Gasteiger partial charge in [-0.1, -0.05) is 0 Å². The lowest BCUT2D eigenvalue weighted by Gasteiger charge is -2.31. The summed E-state index contributed by atoms with van der Waals surface area (Å²) < 4.78 is 12.0. The summed E-state index contributed by atoms with van der Waals surface area (Å²) in [6, 6.07) is 1.59. The zero-order valence-corrected chi connectivity index (χ0v) is 13.1. The average molecular weight is 323 g/mol. The van der Waals surface area contributed by atoms with Gasteiger partial charge in [0.05, 0.1) is 18.9 Å². The number of carbonyl (C=O) groups is 2. The van der Waals surface area contributed by atoms with Gasteiger partial charge in [-0.25, -0.2) is 9.59 Å². The molecule has 3 heterocycles. The highest BCUT2D eigenvalue weighted by Gasteiger charge is 2.30. The highest BCUT2D eigenvalue weighted by atomic mass is 16.6. The lowest BCUT2D eigenvalue weighted by atomic mass is 9.95. The second-order valence-electron chi connectivity index (χ2n) is 6.04. The van der Waals surface area contributed by atoms with Crippen molar-refractivity contribution in [1.82, 2.24) is 14.7 Å². The van der Waals surface area contributed by atoms with Crippen molar-refractivity contribution in [2.24, 2.45) is 7.05 Å². The third-order valence-corrected chi connectivity index (χ3v) is 4.37. The second-order valence-corrected chi connectivity index (χ2v) is 6.04. The number of aromatic nitrogens is 2. The van der Waals surface area contributed by atoms with Gasteiger partial charge in [0.15, 0.2) is 0 Å². The van der Waals surface area contributed by atoms with Gasteiger partial charge in [-0.15, -0.1) is 0 Å². The van der Waals surface area contributed by atoms with E-state index < -0.39 is 5.97 Å². The Morgan fingerprint density at radius 1 is 1.43 bits per heavy atom. The molecule has 0 spiro atoms. The first-order valence-electron chi connectivity index (χ1n) is 7.85. The van der Waals surface area contributed by atoms with Crippen LogP contribution >= 0.6 is 0 Å². The van der Waals surface area contributed by atoms with Gasteiger partial charge < -0.3 is 19.5 Å². The van der Waals surface area contributed by atoms with E-state index in [0.29, 0.717) is 32.0 Å². The molecule has 2 atom stereocenters. The number of carbonyl (C=O) groups excluding carboxylic acids is 1. The van der Waals surface area contributed by atoms with Gasteiger partial charge in [0.2, 0.25) is 0 Å². The van der Waals surface area contributed by atoms with Crippen LogP contribution in [-0.2, 0) is 16.5 Å². The van der Waals surface area contributed by atoms with Crippen LogP contribution in [0.3, 0.4) is 0 Å². The van der Waals surface area contributed by atoms with E-state index in [-0.39, 0.29) is 23.8 Å². The van der Waals surface area contributed by atoms with Crippen LogP contribution in [0.4, 0.5) is 4.79 Å². The summed E-state index contributed by atoms with van der Waals surface area (Å²) in [4.78, 5) is 25.0. The molecule has 1 N–H and O–H groups in total. The third kappa shape index (κ3) is 3.47. The topological polar surface area (TPSA) is 93.9 Å². The normalized spacial score (nSPS) is 24.7. The molecule has 0 radical (unpaired) electrons. The lowest BCUT2D eigenvalue weighted by molar-refractivity contribution is 0.0481. The number of nitrogens with zero attached hydrogens (tertiary/aromatic N) is 3. The fourth-order valence-corrected chi connectivity index (χ4v) is 3.10. The minimum Gasteiger partial charge on any atom is -0.477 e. The monoisotopic (exact) mass is 323 g/mol. The first-order valence-corrected chi connectivity index (χ1v) is 7.85. The maximum Gasteiger partial charge on any atom is 0.410 e. The fraction of sp³-hybridized carbons (Fsp3) is 0.667. The number of carboxylic acids is 1. The number of rotatable bonds is 3. The summed E-state index contributed by atoms with van der Waals surface area (Å²) in [5, 5.41) is 13.4. The quantitative estimate of drug-likeness (QED) is 0.899. The van der Waals surface area contributed by atoms with Crippen molar-refractivity contribution in [2.45, 2.75) is 31.3 Å². The Labute approximate surface area is 134 Å². The summed E-state index contributed by atoms with van der Waals surface area (Å²) in [5.41, 5.74) is 0.870. The van der Waals surface area contributed by atoms with E-state index in [4.69, 9.17) is 14.6 Å². The van der Waals surface area contributed by atoms with Gasteiger partial charge in [-0.2, -0.15) is 5.10 Å². The number of likely N-dealkylation sites (tertiary alicyclic amines) is 1. The molecule has 2 aliphatic rings. The second kappa shape index (κ2) is 6.57. The minimum absolute atomic E-state index is 0.0374. The van der Waals surface area contributed by atoms with Crippen molar-refractivity contribution in [2.75, 3.05) is 26.3 Å². The molecule has 1 aromatic heterocycles. The van der Waals surface area contributed by atoms with E-state index in [1.165, 1.54) is 4.68 Å². The molecular weight excluding hydrogens is 302 g/mol. The summed E-state index contributed by atoms with van der Waals surface area (Å²) in [6.45, 7) is 2.25. The van der Waals surface area contributed by atoms with Crippen LogP contribution in [0.1, 0.15) is 41.4 Å². The highest BCUT2D eigenvalue weighted by molar-refractivity contribution is 5.85. The van der Waals surface area contributed by atoms with E-state index in [2.05, 4.69) is 5.10 Å². The molecular formula is C15H21N3O5. The largest absolute Gasteiger partial charge is 0.477 e. The van der Waals surface area contributed by atoms with Crippen molar-refractivity contribution in [3.8, 4) is 0 Å². The molecule has 8 nitrogen and oxygen atoms in total. The first kappa shape index (κ1) is 15.8. The Morgan fingerprint density at radius 3 is 2.91 bits per heavy atom. The van der Waals surface area contributed by atoms with Crippen LogP contribution in [0.5, 0.6) is 0 Å². The maximum atomic E-state index is 12.2. The molecule has 0 saturated carbocycles. The average Bonchev–Trinajstić information content (AvgIpc) is 3.17. The molecule has 23 heavy (non-hydrogen) atoms. The number of amides is 1. The van der Waals surface area contributed by atoms with Gasteiger partial charge in [0.25, 0.3) is 0 Å². The van der Waals surface area contributed by atoms with Crippen LogP contribution in [0.15, 0.2) is 6.07 Å². The van der Waals surface area contributed by atoms with Crippen molar-refractivity contribution in [1.29, 1.82) is 0 Å². The van der Waals surface area contributed by atoms with Gasteiger partial charge in [-0.3, -0.25) is 4.68 Å². The van der Waals surface area contributed by atoms with Crippen LogP contribution in [0, 0.1) is 0 Å². The summed E-state index contributed by atoms with van der Waals surface area (Å²) in [5.74, 6) is -0.963. The van der Waals surface area contributed by atoms with E-state index in [9.17, 15) is 9.59 Å². The van der Waals surface area contributed by atoms with Gasteiger partial charge in [-0.05, 0) is 18.9 Å². The summed E-state index contributed by atoms with van der Waals surface area (Å²) in [7, 11) is 1.61. The molecule has 0 aliphatic carbocycles. The van der Waals surface area contributed by atoms with Crippen molar-refractivity contribution in [3.05, 3.63) is 17.5 Å². The van der Waals surface area contributed by atoms with Crippen LogP contribution in [0.2, 0.25) is 0 Å².